The molecule has 0 aromatic heterocycles. The van der Waals surface area contributed by atoms with Crippen LogP contribution in [0.4, 0.5) is 0 Å². The molecule has 0 heterocycles. The fourth-order valence-electron chi connectivity index (χ4n) is 2.09. The minimum absolute atomic E-state index is 0.222. The molecule has 0 saturated carbocycles. The van der Waals surface area contributed by atoms with Gasteiger partial charge in [0.2, 0.25) is 0 Å². The molecule has 0 unspecified atom stereocenters. The topological polar surface area (TPSA) is 120 Å². The largest absolute Gasteiger partial charge is 0.550 e. The van der Waals surface area contributed by atoms with Gasteiger partial charge >= 0.3 is 0 Å². The monoisotopic (exact) mass is 431 g/mol. The molecule has 6 heteroatoms. The molecular weight excluding hydrogens is 384 g/mol. The summed E-state index contributed by atoms with van der Waals surface area (Å²) in [5.41, 5.74) is 0. The van der Waals surface area contributed by atoms with Crippen molar-refractivity contribution in [2.24, 2.45) is 0 Å². The Labute approximate surface area is 185 Å². The second kappa shape index (κ2) is 34.9. The van der Waals surface area contributed by atoms with E-state index in [2.05, 4.69) is 34.6 Å². The Hall–Kier alpha value is -1.59. The van der Waals surface area contributed by atoms with Crippen molar-refractivity contribution < 1.29 is 29.7 Å². The van der Waals surface area contributed by atoms with Crippen molar-refractivity contribution in [1.29, 1.82) is 0 Å². The molecule has 30 heavy (non-hydrogen) atoms. The molecular formula is C24H47O6-3. The van der Waals surface area contributed by atoms with Crippen LogP contribution in [0.3, 0.4) is 0 Å². The van der Waals surface area contributed by atoms with Crippen molar-refractivity contribution >= 4 is 17.9 Å². The molecule has 0 rings (SSSR count). The van der Waals surface area contributed by atoms with E-state index in [9.17, 15) is 29.7 Å². The Morgan fingerprint density at radius 2 is 0.633 bits per heavy atom. The van der Waals surface area contributed by atoms with Crippen molar-refractivity contribution in [2.75, 3.05) is 0 Å². The van der Waals surface area contributed by atoms with Crippen molar-refractivity contribution in [3.63, 3.8) is 0 Å². The molecule has 0 amide bonds. The van der Waals surface area contributed by atoms with Crippen LogP contribution in [0.1, 0.15) is 137 Å². The summed E-state index contributed by atoms with van der Waals surface area (Å²) >= 11 is 0. The van der Waals surface area contributed by atoms with Crippen LogP contribution in [-0.4, -0.2) is 17.9 Å². The van der Waals surface area contributed by atoms with E-state index in [0.29, 0.717) is 0 Å². The van der Waals surface area contributed by atoms with E-state index in [1.165, 1.54) is 6.42 Å². The normalized spacial score (nSPS) is 9.10. The van der Waals surface area contributed by atoms with Crippen LogP contribution in [0.2, 0.25) is 0 Å². The third-order valence-corrected chi connectivity index (χ3v) is 3.70. The Bertz CT molecular complexity index is 303. The number of carboxylic acids is 3. The molecule has 182 valence electrons. The number of aliphatic carboxylic acids is 3. The first-order valence-corrected chi connectivity index (χ1v) is 11.8. The fourth-order valence-corrected chi connectivity index (χ4v) is 2.09. The molecule has 0 bridgehead atoms. The molecule has 0 aliphatic carbocycles. The smallest absolute Gasteiger partial charge is 0.0414 e. The van der Waals surface area contributed by atoms with Gasteiger partial charge in [0.05, 0.1) is 0 Å². The van der Waals surface area contributed by atoms with E-state index in [-0.39, 0.29) is 19.3 Å². The van der Waals surface area contributed by atoms with Gasteiger partial charge in [-0.1, -0.05) is 98.8 Å². The van der Waals surface area contributed by atoms with Crippen LogP contribution in [0, 0.1) is 0 Å². The van der Waals surface area contributed by atoms with E-state index in [1.54, 1.807) is 0 Å². The maximum Gasteiger partial charge on any atom is 0.0414 e. The van der Waals surface area contributed by atoms with Crippen molar-refractivity contribution in [1.82, 2.24) is 0 Å². The zero-order valence-corrected chi connectivity index (χ0v) is 20.3. The lowest BCUT2D eigenvalue weighted by molar-refractivity contribution is -0.307. The molecule has 6 nitrogen and oxygen atoms in total. The zero-order valence-electron chi connectivity index (χ0n) is 20.3. The maximum atomic E-state index is 9.85. The SMILES string of the molecule is CCC.CCCCCCC(=O)[O-].CCCCCCC(=O)[O-].CCCCCCC(=O)[O-]. The minimum atomic E-state index is -0.925. The van der Waals surface area contributed by atoms with Crippen LogP contribution in [-0.2, 0) is 14.4 Å². The van der Waals surface area contributed by atoms with Crippen LogP contribution in [0.25, 0.3) is 0 Å². The second-order valence-electron chi connectivity index (χ2n) is 7.26. The van der Waals surface area contributed by atoms with Gasteiger partial charge in [0.1, 0.15) is 0 Å². The third kappa shape index (κ3) is 63.3. The van der Waals surface area contributed by atoms with Gasteiger partial charge in [-0.25, -0.2) is 0 Å². The Morgan fingerprint density at radius 1 is 0.433 bits per heavy atom. The molecule has 0 N–H and O–H groups in total. The predicted octanol–water partition coefficient (Wildman–Crippen LogP) is 3.54. The molecule has 0 aromatic rings. The number of hydrogen-bond acceptors (Lipinski definition) is 6. The standard InChI is InChI=1S/3C7H14O2.C3H8/c3*1-2-3-4-5-6-7(8)9;1-3-2/h3*2-6H2,1H3,(H,8,9);3H2,1-2H3/p-3. The van der Waals surface area contributed by atoms with Gasteiger partial charge in [0.25, 0.3) is 0 Å². The molecule has 0 saturated heterocycles. The quantitative estimate of drug-likeness (QED) is 0.366. The number of carbonyl (C=O) groups excluding carboxylic acids is 3. The Kier molecular flexibility index (Phi) is 41.7. The van der Waals surface area contributed by atoms with Crippen LogP contribution >= 0.6 is 0 Å². The first kappa shape index (κ1) is 35.8. The van der Waals surface area contributed by atoms with Crippen molar-refractivity contribution in [3.8, 4) is 0 Å². The van der Waals surface area contributed by atoms with Gasteiger partial charge in [0, 0.05) is 17.9 Å². The number of carboxylic acid groups (broad SMARTS) is 3. The predicted molar refractivity (Wildman–Crippen MR) is 117 cm³/mol. The van der Waals surface area contributed by atoms with Crippen molar-refractivity contribution in [2.45, 2.75) is 137 Å². The lowest BCUT2D eigenvalue weighted by Crippen LogP contribution is -2.21. The summed E-state index contributed by atoms with van der Waals surface area (Å²) in [6.45, 7) is 10.5. The number of carbonyl (C=O) groups is 3. The molecule has 0 spiro atoms. The highest BCUT2D eigenvalue weighted by Gasteiger charge is 1.88. The molecule has 0 fully saturated rings. The highest BCUT2D eigenvalue weighted by atomic mass is 16.4. The lowest BCUT2D eigenvalue weighted by Gasteiger charge is -1.99. The average Bonchev–Trinajstić information content (AvgIpc) is 2.67. The molecule has 0 atom stereocenters. The summed E-state index contributed by atoms with van der Waals surface area (Å²) in [5.74, 6) is -2.77. The van der Waals surface area contributed by atoms with Gasteiger partial charge in [-0.15, -0.1) is 0 Å². The summed E-state index contributed by atoms with van der Waals surface area (Å²) in [5, 5.41) is 29.6. The van der Waals surface area contributed by atoms with E-state index < -0.39 is 17.9 Å². The summed E-state index contributed by atoms with van der Waals surface area (Å²) in [6, 6.07) is 0. The first-order valence-electron chi connectivity index (χ1n) is 11.8. The van der Waals surface area contributed by atoms with Gasteiger partial charge in [-0.05, 0) is 38.5 Å². The molecule has 0 radical (unpaired) electrons. The first-order chi connectivity index (χ1) is 14.2. The minimum Gasteiger partial charge on any atom is -0.550 e. The van der Waals surface area contributed by atoms with Crippen molar-refractivity contribution in [3.05, 3.63) is 0 Å². The zero-order chi connectivity index (χ0) is 24.0. The number of rotatable bonds is 15. The van der Waals surface area contributed by atoms with Gasteiger partial charge < -0.3 is 29.7 Å². The van der Waals surface area contributed by atoms with Gasteiger partial charge in [0.15, 0.2) is 0 Å². The lowest BCUT2D eigenvalue weighted by atomic mass is 10.2. The van der Waals surface area contributed by atoms with Crippen LogP contribution in [0.5, 0.6) is 0 Å². The fraction of sp³-hybridized carbons (Fsp3) is 0.875. The third-order valence-electron chi connectivity index (χ3n) is 3.70. The highest BCUT2D eigenvalue weighted by molar-refractivity contribution is 5.64. The maximum absolute atomic E-state index is 9.85. The summed E-state index contributed by atoms with van der Waals surface area (Å²) in [7, 11) is 0. The van der Waals surface area contributed by atoms with Gasteiger partial charge in [-0.3, -0.25) is 0 Å². The Morgan fingerprint density at radius 3 is 0.767 bits per heavy atom. The van der Waals surface area contributed by atoms with E-state index in [0.717, 1.165) is 77.0 Å². The van der Waals surface area contributed by atoms with Gasteiger partial charge in [-0.2, -0.15) is 0 Å². The highest BCUT2D eigenvalue weighted by Crippen LogP contribution is 2.01. The summed E-state index contributed by atoms with van der Waals surface area (Å²) in [6.07, 6.45) is 14.1. The molecule has 0 aromatic carbocycles. The Balaban J connectivity index is -0.000000158. The van der Waals surface area contributed by atoms with Crippen LogP contribution < -0.4 is 15.3 Å². The summed E-state index contributed by atoms with van der Waals surface area (Å²) < 4.78 is 0. The summed E-state index contributed by atoms with van der Waals surface area (Å²) in [4.78, 5) is 29.6. The number of hydrogen-bond donors (Lipinski definition) is 0. The van der Waals surface area contributed by atoms with Crippen LogP contribution in [0.15, 0.2) is 0 Å². The average molecular weight is 432 g/mol. The second-order valence-corrected chi connectivity index (χ2v) is 7.26. The van der Waals surface area contributed by atoms with E-state index in [4.69, 9.17) is 0 Å². The molecule has 0 aliphatic heterocycles. The molecule has 0 aliphatic rings. The number of unbranched alkanes of at least 4 members (excludes halogenated alkanes) is 9. The van der Waals surface area contributed by atoms with E-state index >= 15 is 0 Å². The van der Waals surface area contributed by atoms with E-state index in [1.807, 2.05) is 0 Å².